The van der Waals surface area contributed by atoms with E-state index in [2.05, 4.69) is 17.1 Å². The fraction of sp³-hybridized carbons (Fsp3) is 0.476. The van der Waals surface area contributed by atoms with Crippen LogP contribution in [0.3, 0.4) is 0 Å². The van der Waals surface area contributed by atoms with Crippen molar-refractivity contribution < 1.29 is 19.1 Å². The highest BCUT2D eigenvalue weighted by atomic mass is 32.2. The van der Waals surface area contributed by atoms with Gasteiger partial charge in [-0.05, 0) is 39.2 Å². The maximum absolute atomic E-state index is 13.0. The molecular formula is C21H26N2O4S2. The van der Waals surface area contributed by atoms with Crippen molar-refractivity contribution in [3.63, 3.8) is 0 Å². The third kappa shape index (κ3) is 5.51. The Hall–Kier alpha value is -2.06. The molecule has 0 N–H and O–H groups in total. The van der Waals surface area contributed by atoms with Crippen LogP contribution in [0.15, 0.2) is 35.7 Å². The Kier molecular flexibility index (Phi) is 6.85. The van der Waals surface area contributed by atoms with Crippen molar-refractivity contribution in [2.45, 2.75) is 56.4 Å². The SMILES string of the molecule is COC(=O)c1csc([C@@H]2CCC(SCc3ccccc3)N2C(=O)OC(C)(C)C)n1. The van der Waals surface area contributed by atoms with Gasteiger partial charge < -0.3 is 9.47 Å². The number of esters is 1. The Morgan fingerprint density at radius 3 is 2.62 bits per heavy atom. The van der Waals surface area contributed by atoms with Gasteiger partial charge in [-0.2, -0.15) is 0 Å². The molecule has 1 unspecified atom stereocenters. The molecule has 8 heteroatoms. The number of carbonyl (C=O) groups excluding carboxylic acids is 2. The van der Waals surface area contributed by atoms with Crippen LogP contribution in [0.4, 0.5) is 4.79 Å². The predicted octanol–water partition coefficient (Wildman–Crippen LogP) is 5.26. The van der Waals surface area contributed by atoms with Gasteiger partial charge in [0.05, 0.1) is 18.5 Å². The molecule has 1 aromatic carbocycles. The van der Waals surface area contributed by atoms with Gasteiger partial charge in [0.1, 0.15) is 10.6 Å². The number of rotatable bonds is 5. The molecular weight excluding hydrogens is 408 g/mol. The number of ether oxygens (including phenoxy) is 2. The summed E-state index contributed by atoms with van der Waals surface area (Å²) in [6, 6.07) is 9.99. The Bertz CT molecular complexity index is 848. The lowest BCUT2D eigenvalue weighted by Gasteiger charge is -2.31. The Morgan fingerprint density at radius 1 is 1.24 bits per heavy atom. The highest BCUT2D eigenvalue weighted by molar-refractivity contribution is 7.99. The molecule has 2 aromatic rings. The summed E-state index contributed by atoms with van der Waals surface area (Å²) in [5.74, 6) is 0.340. The van der Waals surface area contributed by atoms with E-state index in [1.54, 1.807) is 22.0 Å². The van der Waals surface area contributed by atoms with Gasteiger partial charge in [-0.1, -0.05) is 30.3 Å². The van der Waals surface area contributed by atoms with Crippen LogP contribution in [0.5, 0.6) is 0 Å². The van der Waals surface area contributed by atoms with Crippen LogP contribution in [-0.4, -0.2) is 40.0 Å². The van der Waals surface area contributed by atoms with Crippen LogP contribution in [0.2, 0.25) is 0 Å². The molecule has 0 aliphatic carbocycles. The zero-order chi connectivity index (χ0) is 21.0. The van der Waals surface area contributed by atoms with Crippen molar-refractivity contribution in [2.75, 3.05) is 7.11 Å². The molecule has 0 bridgehead atoms. The lowest BCUT2D eigenvalue weighted by molar-refractivity contribution is 0.0203. The van der Waals surface area contributed by atoms with Gasteiger partial charge in [0.2, 0.25) is 0 Å². The summed E-state index contributed by atoms with van der Waals surface area (Å²) >= 11 is 3.10. The van der Waals surface area contributed by atoms with Crippen molar-refractivity contribution in [2.24, 2.45) is 0 Å². The molecule has 6 nitrogen and oxygen atoms in total. The van der Waals surface area contributed by atoms with E-state index in [4.69, 9.17) is 9.47 Å². The van der Waals surface area contributed by atoms with E-state index in [1.165, 1.54) is 24.0 Å². The molecule has 0 saturated carbocycles. The van der Waals surface area contributed by atoms with E-state index < -0.39 is 11.6 Å². The molecule has 3 rings (SSSR count). The smallest absolute Gasteiger partial charge is 0.411 e. The standard InChI is InChI=1S/C21H26N2O4S2/c1-21(2,3)27-20(25)23-16(18-22-15(13-29-18)19(24)26-4)10-11-17(23)28-12-14-8-6-5-7-9-14/h5-9,13,16-17H,10-12H2,1-4H3/t16-,17?/m0/s1. The lowest BCUT2D eigenvalue weighted by Crippen LogP contribution is -2.40. The fourth-order valence-electron chi connectivity index (χ4n) is 3.15. The molecule has 1 aliphatic heterocycles. The predicted molar refractivity (Wildman–Crippen MR) is 115 cm³/mol. The summed E-state index contributed by atoms with van der Waals surface area (Å²) in [7, 11) is 1.33. The number of amides is 1. The number of hydrogen-bond donors (Lipinski definition) is 0. The average Bonchev–Trinajstić information content (AvgIpc) is 3.32. The molecule has 2 heterocycles. The van der Waals surface area contributed by atoms with Gasteiger partial charge in [-0.3, -0.25) is 4.90 Å². The quantitative estimate of drug-likeness (QED) is 0.598. The van der Waals surface area contributed by atoms with Crippen LogP contribution < -0.4 is 0 Å². The minimum atomic E-state index is -0.584. The maximum Gasteiger partial charge on any atom is 0.411 e. The molecule has 29 heavy (non-hydrogen) atoms. The molecule has 1 saturated heterocycles. The third-order valence-corrected chi connectivity index (χ3v) is 6.72. The minimum absolute atomic E-state index is 0.0134. The normalized spacial score (nSPS) is 19.2. The van der Waals surface area contributed by atoms with Crippen molar-refractivity contribution in [1.82, 2.24) is 9.88 Å². The van der Waals surface area contributed by atoms with Gasteiger partial charge in [0, 0.05) is 11.1 Å². The first-order valence-electron chi connectivity index (χ1n) is 9.49. The van der Waals surface area contributed by atoms with Crippen molar-refractivity contribution in [3.8, 4) is 0 Å². The Morgan fingerprint density at radius 2 is 1.97 bits per heavy atom. The number of carbonyl (C=O) groups is 2. The third-order valence-electron chi connectivity index (χ3n) is 4.42. The number of hydrogen-bond acceptors (Lipinski definition) is 7. The van der Waals surface area contributed by atoms with E-state index in [1.807, 2.05) is 39.0 Å². The first-order valence-corrected chi connectivity index (χ1v) is 11.4. The summed E-state index contributed by atoms with van der Waals surface area (Å²) in [5.41, 5.74) is 0.906. The summed E-state index contributed by atoms with van der Waals surface area (Å²) < 4.78 is 10.4. The van der Waals surface area contributed by atoms with Gasteiger partial charge in [0.25, 0.3) is 0 Å². The van der Waals surface area contributed by atoms with Crippen LogP contribution in [0.1, 0.15) is 60.7 Å². The van der Waals surface area contributed by atoms with Crippen LogP contribution >= 0.6 is 23.1 Å². The highest BCUT2D eigenvalue weighted by Gasteiger charge is 2.41. The zero-order valence-electron chi connectivity index (χ0n) is 17.1. The average molecular weight is 435 g/mol. The molecule has 1 fully saturated rings. The first-order chi connectivity index (χ1) is 13.8. The molecule has 1 aliphatic rings. The van der Waals surface area contributed by atoms with E-state index in [0.29, 0.717) is 0 Å². The molecule has 2 atom stereocenters. The van der Waals surface area contributed by atoms with Crippen LogP contribution in [0.25, 0.3) is 0 Å². The number of thioether (sulfide) groups is 1. The largest absolute Gasteiger partial charge is 0.464 e. The molecule has 0 spiro atoms. The number of likely N-dealkylation sites (tertiary alicyclic amines) is 1. The summed E-state index contributed by atoms with van der Waals surface area (Å²) in [4.78, 5) is 31.0. The van der Waals surface area contributed by atoms with E-state index in [9.17, 15) is 9.59 Å². The second-order valence-corrected chi connectivity index (χ2v) is 9.85. The second-order valence-electron chi connectivity index (χ2n) is 7.79. The van der Waals surface area contributed by atoms with Gasteiger partial charge >= 0.3 is 12.1 Å². The van der Waals surface area contributed by atoms with Crippen molar-refractivity contribution >= 4 is 35.2 Å². The van der Waals surface area contributed by atoms with E-state index in [0.717, 1.165) is 23.6 Å². The zero-order valence-corrected chi connectivity index (χ0v) is 18.7. The number of aromatic nitrogens is 1. The molecule has 0 radical (unpaired) electrons. The summed E-state index contributed by atoms with van der Waals surface area (Å²) in [6.07, 6.45) is 1.27. The van der Waals surface area contributed by atoms with Gasteiger partial charge in [0.15, 0.2) is 5.69 Å². The monoisotopic (exact) mass is 434 g/mol. The Labute approximate surface area is 179 Å². The minimum Gasteiger partial charge on any atom is -0.464 e. The van der Waals surface area contributed by atoms with Crippen molar-refractivity contribution in [1.29, 1.82) is 0 Å². The number of nitrogens with zero attached hydrogens (tertiary/aromatic N) is 2. The number of methoxy groups -OCH3 is 1. The molecule has 156 valence electrons. The lowest BCUT2D eigenvalue weighted by atomic mass is 10.2. The van der Waals surface area contributed by atoms with Gasteiger partial charge in [-0.15, -0.1) is 23.1 Å². The summed E-state index contributed by atoms with van der Waals surface area (Å²) in [6.45, 7) is 5.59. The second kappa shape index (κ2) is 9.17. The highest BCUT2D eigenvalue weighted by Crippen LogP contribution is 2.43. The fourth-order valence-corrected chi connectivity index (χ4v) is 5.34. The first kappa shape index (κ1) is 21.6. The Balaban J connectivity index is 1.80. The molecule has 1 amide bonds. The van der Waals surface area contributed by atoms with E-state index >= 15 is 0 Å². The topological polar surface area (TPSA) is 68.7 Å². The van der Waals surface area contributed by atoms with Crippen molar-refractivity contribution in [3.05, 3.63) is 52.0 Å². The number of thiazole rings is 1. The van der Waals surface area contributed by atoms with E-state index in [-0.39, 0.29) is 23.2 Å². The molecule has 1 aromatic heterocycles. The van der Waals surface area contributed by atoms with Gasteiger partial charge in [-0.25, -0.2) is 14.6 Å². The summed E-state index contributed by atoms with van der Waals surface area (Å²) in [5, 5.41) is 2.40. The van der Waals surface area contributed by atoms with Crippen LogP contribution in [-0.2, 0) is 15.2 Å². The van der Waals surface area contributed by atoms with Crippen LogP contribution in [0, 0.1) is 0 Å². The maximum atomic E-state index is 13.0. The number of benzene rings is 1.